The van der Waals surface area contributed by atoms with Gasteiger partial charge in [-0.3, -0.25) is 9.55 Å². The summed E-state index contributed by atoms with van der Waals surface area (Å²) in [5, 5.41) is 13.2. The van der Waals surface area contributed by atoms with E-state index in [-0.39, 0.29) is 5.25 Å². The molecule has 0 N–H and O–H groups in total. The van der Waals surface area contributed by atoms with E-state index in [2.05, 4.69) is 31.9 Å². The lowest BCUT2D eigenvalue weighted by Gasteiger charge is -2.09. The third-order valence-corrected chi connectivity index (χ3v) is 4.21. The van der Waals surface area contributed by atoms with Gasteiger partial charge in [-0.05, 0) is 26.0 Å². The molecule has 3 heterocycles. The van der Waals surface area contributed by atoms with Crippen LogP contribution in [-0.2, 0) is 6.54 Å². The fourth-order valence-electron chi connectivity index (χ4n) is 2.07. The Balaban J connectivity index is 1.90. The number of rotatable bonds is 6. The van der Waals surface area contributed by atoms with Crippen molar-refractivity contribution in [2.45, 2.75) is 30.8 Å². The summed E-state index contributed by atoms with van der Waals surface area (Å²) < 4.78 is 7.23. The van der Waals surface area contributed by atoms with Crippen LogP contribution in [0.3, 0.4) is 0 Å². The smallest absolute Gasteiger partial charge is 0.239 e. The Morgan fingerprint density at radius 3 is 2.78 bits per heavy atom. The van der Waals surface area contributed by atoms with Gasteiger partial charge < -0.3 is 4.52 Å². The fraction of sp³-hybridized carbons (Fsp3) is 0.267. The van der Waals surface area contributed by atoms with E-state index in [4.69, 9.17) is 4.52 Å². The lowest BCUT2D eigenvalue weighted by molar-refractivity contribution is 0.376. The zero-order valence-electron chi connectivity index (χ0n) is 12.9. The minimum Gasteiger partial charge on any atom is -0.338 e. The van der Waals surface area contributed by atoms with Crippen LogP contribution in [0.2, 0.25) is 0 Å². The molecule has 0 aliphatic rings. The number of nitrogens with zero attached hydrogens (tertiary/aromatic N) is 6. The number of aryl methyl sites for hydroxylation is 1. The molecular weight excluding hydrogens is 312 g/mol. The molecule has 0 amide bonds. The topological polar surface area (TPSA) is 82.5 Å². The van der Waals surface area contributed by atoms with Gasteiger partial charge >= 0.3 is 0 Å². The molecule has 118 valence electrons. The molecule has 1 atom stereocenters. The van der Waals surface area contributed by atoms with Crippen LogP contribution in [0.4, 0.5) is 0 Å². The lowest BCUT2D eigenvalue weighted by Crippen LogP contribution is -2.02. The Labute approximate surface area is 137 Å². The second kappa shape index (κ2) is 6.74. The van der Waals surface area contributed by atoms with Gasteiger partial charge in [0.25, 0.3) is 0 Å². The largest absolute Gasteiger partial charge is 0.338 e. The summed E-state index contributed by atoms with van der Waals surface area (Å²) in [7, 11) is 0. The van der Waals surface area contributed by atoms with E-state index >= 15 is 0 Å². The summed E-state index contributed by atoms with van der Waals surface area (Å²) in [6.07, 6.45) is 5.29. The standard InChI is InChI=1S/C15H16N6OS/c1-4-9-21-13(12-5-7-16-8-6-12)18-19-15(21)23-10(2)14-17-11(3)20-22-14/h4-8,10H,1,9H2,2-3H3. The van der Waals surface area contributed by atoms with Crippen molar-refractivity contribution in [1.82, 2.24) is 29.9 Å². The first-order valence-corrected chi connectivity index (χ1v) is 7.98. The SMILES string of the molecule is C=CCn1c(SC(C)c2nc(C)no2)nnc1-c1ccncc1. The number of pyridine rings is 1. The minimum atomic E-state index is -0.0192. The number of allylic oxidation sites excluding steroid dienone is 1. The Morgan fingerprint density at radius 1 is 1.35 bits per heavy atom. The molecule has 3 rings (SSSR count). The van der Waals surface area contributed by atoms with Gasteiger partial charge in [-0.2, -0.15) is 4.98 Å². The fourth-order valence-corrected chi connectivity index (χ4v) is 2.96. The molecule has 23 heavy (non-hydrogen) atoms. The highest BCUT2D eigenvalue weighted by Gasteiger charge is 2.20. The van der Waals surface area contributed by atoms with Crippen molar-refractivity contribution >= 4 is 11.8 Å². The quantitative estimate of drug-likeness (QED) is 0.508. The van der Waals surface area contributed by atoms with Crippen molar-refractivity contribution in [2.24, 2.45) is 0 Å². The monoisotopic (exact) mass is 328 g/mol. The third-order valence-electron chi connectivity index (χ3n) is 3.14. The molecular formula is C15H16N6OS. The van der Waals surface area contributed by atoms with E-state index in [1.807, 2.05) is 29.7 Å². The third kappa shape index (κ3) is 3.31. The van der Waals surface area contributed by atoms with Gasteiger partial charge in [0, 0.05) is 24.5 Å². The highest BCUT2D eigenvalue weighted by molar-refractivity contribution is 7.99. The van der Waals surface area contributed by atoms with Crippen LogP contribution in [0.5, 0.6) is 0 Å². The second-order valence-electron chi connectivity index (χ2n) is 4.88. The molecule has 3 aromatic rings. The molecule has 0 aromatic carbocycles. The summed E-state index contributed by atoms with van der Waals surface area (Å²) in [6.45, 7) is 8.22. The molecule has 1 unspecified atom stereocenters. The van der Waals surface area contributed by atoms with Crippen molar-refractivity contribution in [3.8, 4) is 11.4 Å². The van der Waals surface area contributed by atoms with Crippen LogP contribution < -0.4 is 0 Å². The molecule has 0 aliphatic heterocycles. The Morgan fingerprint density at radius 2 is 2.13 bits per heavy atom. The molecule has 3 aromatic heterocycles. The number of hydrogen-bond donors (Lipinski definition) is 0. The molecule has 0 aliphatic carbocycles. The Bertz CT molecular complexity index is 797. The van der Waals surface area contributed by atoms with E-state index in [1.54, 1.807) is 19.3 Å². The van der Waals surface area contributed by atoms with Gasteiger partial charge in [0.15, 0.2) is 16.8 Å². The van der Waals surface area contributed by atoms with Gasteiger partial charge in [0.05, 0.1) is 5.25 Å². The number of thioether (sulfide) groups is 1. The zero-order chi connectivity index (χ0) is 16.2. The summed E-state index contributed by atoms with van der Waals surface area (Å²) in [6, 6.07) is 3.81. The van der Waals surface area contributed by atoms with Crippen molar-refractivity contribution in [1.29, 1.82) is 0 Å². The Kier molecular flexibility index (Phi) is 4.52. The summed E-state index contributed by atoms with van der Waals surface area (Å²) in [5.41, 5.74) is 0.961. The average Bonchev–Trinajstić information content (AvgIpc) is 3.16. The first-order valence-electron chi connectivity index (χ1n) is 7.10. The predicted octanol–water partition coefficient (Wildman–Crippen LogP) is 3.07. The highest BCUT2D eigenvalue weighted by Crippen LogP contribution is 2.34. The van der Waals surface area contributed by atoms with Gasteiger partial charge in [0.1, 0.15) is 0 Å². The van der Waals surface area contributed by atoms with Crippen LogP contribution in [0.25, 0.3) is 11.4 Å². The van der Waals surface area contributed by atoms with Crippen LogP contribution >= 0.6 is 11.8 Å². The van der Waals surface area contributed by atoms with Crippen molar-refractivity contribution < 1.29 is 4.52 Å². The van der Waals surface area contributed by atoms with Crippen molar-refractivity contribution in [3.63, 3.8) is 0 Å². The zero-order valence-corrected chi connectivity index (χ0v) is 13.7. The van der Waals surface area contributed by atoms with E-state index in [0.29, 0.717) is 18.3 Å². The van der Waals surface area contributed by atoms with Crippen LogP contribution in [0, 0.1) is 6.92 Å². The van der Waals surface area contributed by atoms with Gasteiger partial charge in [-0.1, -0.05) is 23.0 Å². The molecule has 0 spiro atoms. The van der Waals surface area contributed by atoms with Crippen molar-refractivity contribution in [2.75, 3.05) is 0 Å². The van der Waals surface area contributed by atoms with Crippen molar-refractivity contribution in [3.05, 3.63) is 48.9 Å². The van der Waals surface area contributed by atoms with E-state index in [0.717, 1.165) is 16.5 Å². The molecule has 8 heteroatoms. The number of hydrogen-bond acceptors (Lipinski definition) is 7. The van der Waals surface area contributed by atoms with E-state index in [1.165, 1.54) is 11.8 Å². The van der Waals surface area contributed by atoms with E-state index < -0.39 is 0 Å². The second-order valence-corrected chi connectivity index (χ2v) is 6.19. The van der Waals surface area contributed by atoms with Crippen LogP contribution in [0.1, 0.15) is 23.9 Å². The van der Waals surface area contributed by atoms with Crippen LogP contribution in [-0.4, -0.2) is 29.9 Å². The molecule has 0 fully saturated rings. The van der Waals surface area contributed by atoms with Gasteiger partial charge in [0.2, 0.25) is 5.89 Å². The van der Waals surface area contributed by atoms with Gasteiger partial charge in [-0.25, -0.2) is 0 Å². The average molecular weight is 328 g/mol. The molecule has 0 radical (unpaired) electrons. The summed E-state index contributed by atoms with van der Waals surface area (Å²) >= 11 is 1.52. The molecule has 0 bridgehead atoms. The normalized spacial score (nSPS) is 12.3. The lowest BCUT2D eigenvalue weighted by atomic mass is 10.2. The van der Waals surface area contributed by atoms with Crippen LogP contribution in [0.15, 0.2) is 46.9 Å². The Hall–Kier alpha value is -2.48. The minimum absolute atomic E-state index is 0.0192. The highest BCUT2D eigenvalue weighted by atomic mass is 32.2. The first-order chi connectivity index (χ1) is 11.2. The maximum absolute atomic E-state index is 5.22. The molecule has 0 saturated carbocycles. The van der Waals surface area contributed by atoms with Gasteiger partial charge in [-0.15, -0.1) is 16.8 Å². The molecule has 0 saturated heterocycles. The summed E-state index contributed by atoms with van der Waals surface area (Å²) in [4.78, 5) is 8.30. The summed E-state index contributed by atoms with van der Waals surface area (Å²) in [5.74, 6) is 1.98. The maximum Gasteiger partial charge on any atom is 0.239 e. The first kappa shape index (κ1) is 15.4. The number of aromatic nitrogens is 6. The molecule has 7 nitrogen and oxygen atoms in total. The maximum atomic E-state index is 5.22. The predicted molar refractivity (Wildman–Crippen MR) is 86.8 cm³/mol. The van der Waals surface area contributed by atoms with E-state index in [9.17, 15) is 0 Å².